The Hall–Kier alpha value is -2.71. The van der Waals surface area contributed by atoms with Gasteiger partial charge in [-0.05, 0) is 32.1 Å². The summed E-state index contributed by atoms with van der Waals surface area (Å²) in [7, 11) is 5.39. The van der Waals surface area contributed by atoms with Crippen LogP contribution < -0.4 is 5.11 Å². The van der Waals surface area contributed by atoms with Crippen LogP contribution in [0.25, 0.3) is 0 Å². The zero-order chi connectivity index (χ0) is 38.5. The van der Waals surface area contributed by atoms with Gasteiger partial charge < -0.3 is 28.6 Å². The molecule has 2 atom stereocenters. The lowest BCUT2D eigenvalue weighted by Crippen LogP contribution is -2.55. The highest BCUT2D eigenvalue weighted by molar-refractivity contribution is 5.70. The van der Waals surface area contributed by atoms with Gasteiger partial charge in [-0.1, -0.05) is 159 Å². The minimum atomic E-state index is -1.13. The first kappa shape index (κ1) is 49.3. The van der Waals surface area contributed by atoms with E-state index in [9.17, 15) is 19.5 Å². The van der Waals surface area contributed by atoms with Crippen LogP contribution in [0.15, 0.2) is 48.6 Å². The summed E-state index contributed by atoms with van der Waals surface area (Å²) < 4.78 is 17.1. The van der Waals surface area contributed by atoms with Crippen molar-refractivity contribution in [2.45, 2.75) is 174 Å². The third kappa shape index (κ3) is 33.1. The van der Waals surface area contributed by atoms with Gasteiger partial charge in [0, 0.05) is 19.3 Å². The lowest BCUT2D eigenvalue weighted by Gasteiger charge is -2.34. The van der Waals surface area contributed by atoms with Crippen molar-refractivity contribution >= 4 is 17.9 Å². The first-order chi connectivity index (χ1) is 25.1. The molecule has 300 valence electrons. The van der Waals surface area contributed by atoms with Crippen molar-refractivity contribution in [1.29, 1.82) is 0 Å². The van der Waals surface area contributed by atoms with Crippen LogP contribution in [0, 0.1) is 0 Å². The van der Waals surface area contributed by atoms with Crippen molar-refractivity contribution in [3.05, 3.63) is 48.6 Å². The summed E-state index contributed by atoms with van der Waals surface area (Å²) in [4.78, 5) is 36.7. The maximum Gasteiger partial charge on any atom is 0.306 e. The number of carboxylic acid groups (broad SMARTS) is 1. The van der Waals surface area contributed by atoms with E-state index in [-0.39, 0.29) is 42.7 Å². The van der Waals surface area contributed by atoms with Gasteiger partial charge in [0.25, 0.3) is 0 Å². The van der Waals surface area contributed by atoms with Gasteiger partial charge in [0.15, 0.2) is 6.10 Å². The Morgan fingerprint density at radius 3 is 1.60 bits per heavy atom. The molecule has 8 heteroatoms. The second-order valence-corrected chi connectivity index (χ2v) is 14.9. The first-order valence-electron chi connectivity index (χ1n) is 20.7. The summed E-state index contributed by atoms with van der Waals surface area (Å²) in [5, 5.41) is 11.6. The van der Waals surface area contributed by atoms with Crippen LogP contribution in [0.4, 0.5) is 0 Å². The SMILES string of the molecule is CC/C=C/C=C/C=C/C=C/CCCCCC(=O)OCC(COCCC(C(=O)[O-])[N+](C)(C)C)OC(=O)CCCCCCCCCCCCCCCCC. The molecule has 0 N–H and O–H groups in total. The normalized spacial score (nSPS) is 13.5. The van der Waals surface area contributed by atoms with Crippen LogP contribution in [-0.4, -0.2) is 75.5 Å². The first-order valence-corrected chi connectivity index (χ1v) is 20.7. The number of quaternary nitrogens is 1. The van der Waals surface area contributed by atoms with Gasteiger partial charge in [-0.15, -0.1) is 0 Å². The molecule has 0 spiro atoms. The summed E-state index contributed by atoms with van der Waals surface area (Å²) in [6, 6.07) is -0.731. The van der Waals surface area contributed by atoms with Crippen LogP contribution in [0.5, 0.6) is 0 Å². The largest absolute Gasteiger partial charge is 0.544 e. The van der Waals surface area contributed by atoms with Crippen molar-refractivity contribution in [3.8, 4) is 0 Å². The molecule has 0 amide bonds. The van der Waals surface area contributed by atoms with Crippen LogP contribution in [0.2, 0.25) is 0 Å². The molecule has 0 saturated heterocycles. The Morgan fingerprint density at radius 1 is 0.596 bits per heavy atom. The number of allylic oxidation sites excluding steroid dienone is 8. The number of ether oxygens (including phenoxy) is 3. The Bertz CT molecular complexity index is 995. The average molecular weight is 732 g/mol. The Morgan fingerprint density at radius 2 is 1.08 bits per heavy atom. The third-order valence-electron chi connectivity index (χ3n) is 9.07. The van der Waals surface area contributed by atoms with Gasteiger partial charge in [-0.2, -0.15) is 0 Å². The van der Waals surface area contributed by atoms with E-state index in [4.69, 9.17) is 14.2 Å². The van der Waals surface area contributed by atoms with Crippen molar-refractivity contribution in [3.63, 3.8) is 0 Å². The number of aliphatic carboxylic acids is 1. The summed E-state index contributed by atoms with van der Waals surface area (Å²) >= 11 is 0. The summed E-state index contributed by atoms with van der Waals surface area (Å²) in [6.45, 7) is 4.47. The fraction of sp³-hybridized carbons (Fsp3) is 0.750. The van der Waals surface area contributed by atoms with E-state index in [1.165, 1.54) is 77.0 Å². The minimum absolute atomic E-state index is 0.0286. The summed E-state index contributed by atoms with van der Waals surface area (Å²) in [5.41, 5.74) is 0. The molecule has 8 nitrogen and oxygen atoms in total. The zero-order valence-corrected chi connectivity index (χ0v) is 34.0. The number of unbranched alkanes of at least 4 members (excludes halogenated alkanes) is 17. The number of hydrogen-bond acceptors (Lipinski definition) is 7. The van der Waals surface area contributed by atoms with Gasteiger partial charge >= 0.3 is 11.9 Å². The number of rotatable bonds is 36. The van der Waals surface area contributed by atoms with Crippen molar-refractivity contribution in [2.24, 2.45) is 0 Å². The van der Waals surface area contributed by atoms with E-state index in [1.807, 2.05) is 36.5 Å². The minimum Gasteiger partial charge on any atom is -0.544 e. The topological polar surface area (TPSA) is 102 Å². The van der Waals surface area contributed by atoms with E-state index in [0.717, 1.165) is 51.4 Å². The predicted molar refractivity (Wildman–Crippen MR) is 213 cm³/mol. The molecule has 0 rings (SSSR count). The summed E-state index contributed by atoms with van der Waals surface area (Å²) in [5.74, 6) is -1.79. The number of carboxylic acids is 1. The van der Waals surface area contributed by atoms with E-state index in [0.29, 0.717) is 12.8 Å². The molecule has 0 aromatic carbocycles. The summed E-state index contributed by atoms with van der Waals surface area (Å²) in [6.07, 6.45) is 39.9. The lowest BCUT2D eigenvalue weighted by atomic mass is 10.0. The Labute approximate surface area is 318 Å². The molecular formula is C44H77NO7. The predicted octanol–water partition coefficient (Wildman–Crippen LogP) is 9.52. The molecule has 0 bridgehead atoms. The molecule has 0 saturated carbocycles. The fourth-order valence-electron chi connectivity index (χ4n) is 5.85. The van der Waals surface area contributed by atoms with Crippen molar-refractivity contribution in [2.75, 3.05) is 41.0 Å². The van der Waals surface area contributed by atoms with E-state index >= 15 is 0 Å². The van der Waals surface area contributed by atoms with Gasteiger partial charge in [0.1, 0.15) is 12.6 Å². The maximum atomic E-state index is 12.7. The smallest absolute Gasteiger partial charge is 0.306 e. The number of esters is 2. The van der Waals surface area contributed by atoms with Crippen molar-refractivity contribution < 1.29 is 38.2 Å². The van der Waals surface area contributed by atoms with Gasteiger partial charge in [0.05, 0.1) is 40.3 Å². The molecule has 0 aliphatic rings. The second kappa shape index (κ2) is 35.3. The highest BCUT2D eigenvalue weighted by Gasteiger charge is 2.25. The van der Waals surface area contributed by atoms with Crippen LogP contribution in [0.1, 0.15) is 162 Å². The van der Waals surface area contributed by atoms with Crippen molar-refractivity contribution in [1.82, 2.24) is 0 Å². The van der Waals surface area contributed by atoms with Gasteiger partial charge in [-0.3, -0.25) is 9.59 Å². The average Bonchev–Trinajstić information content (AvgIpc) is 3.09. The molecule has 0 aromatic heterocycles. The molecular weight excluding hydrogens is 654 g/mol. The highest BCUT2D eigenvalue weighted by atomic mass is 16.6. The molecule has 0 fully saturated rings. The standard InChI is InChI=1S/C44H77NO7/c1-6-8-10-12-14-16-18-20-21-23-25-27-29-31-33-35-43(47)52-40(38-50-37-36-41(44(48)49)45(3,4)5)39-51-42(46)34-32-30-28-26-24-22-19-17-15-13-11-9-7-2/h9,11,13,15,17,19,22,24,40-41H,6-8,10,12,14,16,18,20-21,23,25-39H2,1-5H3/b11-9+,15-13+,19-17+,24-22+. The number of likely N-dealkylation sites (N-methyl/N-ethyl adjacent to an activating group) is 1. The molecule has 52 heavy (non-hydrogen) atoms. The molecule has 0 heterocycles. The van der Waals surface area contributed by atoms with Crippen LogP contribution >= 0.6 is 0 Å². The fourth-order valence-corrected chi connectivity index (χ4v) is 5.85. The van der Waals surface area contributed by atoms with Crippen LogP contribution in [-0.2, 0) is 28.6 Å². The molecule has 2 unspecified atom stereocenters. The molecule has 0 radical (unpaired) electrons. The van der Waals surface area contributed by atoms with Gasteiger partial charge in [-0.25, -0.2) is 0 Å². The molecule has 0 aromatic rings. The monoisotopic (exact) mass is 732 g/mol. The van der Waals surface area contributed by atoms with E-state index in [1.54, 1.807) is 21.1 Å². The quantitative estimate of drug-likeness (QED) is 0.0274. The number of carbonyl (C=O) groups excluding carboxylic acids is 3. The highest BCUT2D eigenvalue weighted by Crippen LogP contribution is 2.15. The Balaban J connectivity index is 4.43. The number of nitrogens with zero attached hydrogens (tertiary/aromatic N) is 1. The third-order valence-corrected chi connectivity index (χ3v) is 9.07. The van der Waals surface area contributed by atoms with Crippen LogP contribution in [0.3, 0.4) is 0 Å². The van der Waals surface area contributed by atoms with E-state index < -0.39 is 18.1 Å². The number of hydrogen-bond donors (Lipinski definition) is 0. The van der Waals surface area contributed by atoms with E-state index in [2.05, 4.69) is 26.0 Å². The lowest BCUT2D eigenvalue weighted by molar-refractivity contribution is -0.889. The molecule has 0 aliphatic heterocycles. The second-order valence-electron chi connectivity index (χ2n) is 14.9. The van der Waals surface area contributed by atoms with Gasteiger partial charge in [0.2, 0.25) is 0 Å². The number of carbonyl (C=O) groups is 3. The molecule has 0 aliphatic carbocycles. The maximum absolute atomic E-state index is 12.7. The zero-order valence-electron chi connectivity index (χ0n) is 34.0. The Kier molecular flexibility index (Phi) is 33.5.